The molecule has 0 atom stereocenters. The van der Waals surface area contributed by atoms with Gasteiger partial charge < -0.3 is 20.7 Å². The summed E-state index contributed by atoms with van der Waals surface area (Å²) in [6.07, 6.45) is 1.07. The number of likely N-dealkylation sites (tertiary alicyclic amines) is 1. The number of hydrogen-bond acceptors (Lipinski definition) is 5. The van der Waals surface area contributed by atoms with Gasteiger partial charge in [-0.15, -0.1) is 0 Å². The zero-order valence-electron chi connectivity index (χ0n) is 20.9. The number of benzene rings is 2. The number of hydrogen-bond donors (Lipinski definition) is 3. The standard InChI is InChI=1S/C27H36N4O4/c1-4-21-6-9-23(10-7-21)30-26(34)35-18-27(11-13-31(14-12-27)24(32)16-28)25(33)29-17-22-8-5-19(2)15-20(22)3/h5-10,15H,4,11-14,16-18,28H2,1-3H3,(H,29,33)(H,30,34). The Hall–Kier alpha value is -3.39. The van der Waals surface area contributed by atoms with Gasteiger partial charge in [0.15, 0.2) is 0 Å². The zero-order valence-corrected chi connectivity index (χ0v) is 20.9. The molecule has 35 heavy (non-hydrogen) atoms. The topological polar surface area (TPSA) is 114 Å². The van der Waals surface area contributed by atoms with Crippen molar-refractivity contribution in [3.05, 3.63) is 64.7 Å². The van der Waals surface area contributed by atoms with Crippen LogP contribution in [-0.4, -0.2) is 49.0 Å². The maximum Gasteiger partial charge on any atom is 0.411 e. The number of carbonyl (C=O) groups is 3. The lowest BCUT2D eigenvalue weighted by Crippen LogP contribution is -2.53. The molecule has 0 saturated carbocycles. The number of ether oxygens (including phenoxy) is 1. The molecule has 8 nitrogen and oxygen atoms in total. The minimum Gasteiger partial charge on any atom is -0.448 e. The minimum atomic E-state index is -0.923. The molecule has 2 aromatic rings. The average Bonchev–Trinajstić information content (AvgIpc) is 2.87. The van der Waals surface area contributed by atoms with Crippen LogP contribution in [0, 0.1) is 19.3 Å². The lowest BCUT2D eigenvalue weighted by molar-refractivity contribution is -0.142. The third-order valence-electron chi connectivity index (χ3n) is 6.76. The van der Waals surface area contributed by atoms with E-state index in [4.69, 9.17) is 10.5 Å². The third-order valence-corrected chi connectivity index (χ3v) is 6.76. The third kappa shape index (κ3) is 6.82. The van der Waals surface area contributed by atoms with E-state index in [9.17, 15) is 14.4 Å². The van der Waals surface area contributed by atoms with Gasteiger partial charge >= 0.3 is 6.09 Å². The molecule has 0 bridgehead atoms. The second-order valence-corrected chi connectivity index (χ2v) is 9.23. The Morgan fingerprint density at radius 1 is 1.06 bits per heavy atom. The molecule has 0 aliphatic carbocycles. The van der Waals surface area contributed by atoms with E-state index in [0.29, 0.717) is 38.2 Å². The van der Waals surface area contributed by atoms with Gasteiger partial charge in [0.1, 0.15) is 6.61 Å². The van der Waals surface area contributed by atoms with Gasteiger partial charge in [0.25, 0.3) is 0 Å². The molecule has 0 radical (unpaired) electrons. The highest BCUT2D eigenvalue weighted by Crippen LogP contribution is 2.33. The molecule has 4 N–H and O–H groups in total. The number of piperidine rings is 1. The molecular formula is C27H36N4O4. The van der Waals surface area contributed by atoms with Gasteiger partial charge in [0.2, 0.25) is 11.8 Å². The molecule has 3 rings (SSSR count). The van der Waals surface area contributed by atoms with E-state index in [1.54, 1.807) is 4.90 Å². The second-order valence-electron chi connectivity index (χ2n) is 9.23. The highest BCUT2D eigenvalue weighted by atomic mass is 16.5. The quantitative estimate of drug-likeness (QED) is 0.537. The number of nitrogens with zero attached hydrogens (tertiary/aromatic N) is 1. The molecule has 1 aliphatic rings. The van der Waals surface area contributed by atoms with Gasteiger partial charge in [0, 0.05) is 25.3 Å². The molecule has 188 valence electrons. The molecule has 3 amide bonds. The summed E-state index contributed by atoms with van der Waals surface area (Å²) >= 11 is 0. The fraction of sp³-hybridized carbons (Fsp3) is 0.444. The molecule has 0 aromatic heterocycles. The Morgan fingerprint density at radius 2 is 1.74 bits per heavy atom. The van der Waals surface area contributed by atoms with Crippen molar-refractivity contribution in [3.8, 4) is 0 Å². The molecule has 1 heterocycles. The number of aryl methyl sites for hydroxylation is 3. The molecule has 0 spiro atoms. The first-order valence-electron chi connectivity index (χ1n) is 12.1. The number of anilines is 1. The van der Waals surface area contributed by atoms with Crippen LogP contribution in [0.5, 0.6) is 0 Å². The Morgan fingerprint density at radius 3 is 2.34 bits per heavy atom. The van der Waals surface area contributed by atoms with Crippen LogP contribution in [0.2, 0.25) is 0 Å². The predicted molar refractivity (Wildman–Crippen MR) is 136 cm³/mol. The van der Waals surface area contributed by atoms with Crippen LogP contribution >= 0.6 is 0 Å². The van der Waals surface area contributed by atoms with Gasteiger partial charge in [-0.05, 0) is 61.9 Å². The van der Waals surface area contributed by atoms with Crippen molar-refractivity contribution in [3.63, 3.8) is 0 Å². The smallest absolute Gasteiger partial charge is 0.411 e. The first kappa shape index (κ1) is 26.2. The first-order chi connectivity index (χ1) is 16.8. The Kier molecular flexibility index (Phi) is 8.87. The van der Waals surface area contributed by atoms with Crippen LogP contribution in [0.4, 0.5) is 10.5 Å². The number of carbonyl (C=O) groups excluding carboxylic acids is 3. The van der Waals surface area contributed by atoms with Crippen molar-refractivity contribution in [1.82, 2.24) is 10.2 Å². The van der Waals surface area contributed by atoms with Gasteiger partial charge in [-0.25, -0.2) is 4.79 Å². The highest BCUT2D eigenvalue weighted by molar-refractivity contribution is 5.86. The van der Waals surface area contributed by atoms with Gasteiger partial charge in [-0.3, -0.25) is 14.9 Å². The predicted octanol–water partition coefficient (Wildman–Crippen LogP) is 3.30. The van der Waals surface area contributed by atoms with Gasteiger partial charge in [0.05, 0.1) is 12.0 Å². The van der Waals surface area contributed by atoms with Crippen molar-refractivity contribution in [2.75, 3.05) is 31.6 Å². The maximum absolute atomic E-state index is 13.4. The molecule has 8 heteroatoms. The molecule has 2 aromatic carbocycles. The summed E-state index contributed by atoms with van der Waals surface area (Å²) < 4.78 is 5.54. The van der Waals surface area contributed by atoms with Crippen molar-refractivity contribution in [2.24, 2.45) is 11.1 Å². The fourth-order valence-electron chi connectivity index (χ4n) is 4.34. The van der Waals surface area contributed by atoms with Gasteiger partial charge in [-0.2, -0.15) is 0 Å². The second kappa shape index (κ2) is 11.8. The molecule has 1 aliphatic heterocycles. The largest absolute Gasteiger partial charge is 0.448 e. The molecule has 1 fully saturated rings. The number of amides is 3. The normalized spacial score (nSPS) is 14.8. The van der Waals surface area contributed by atoms with Crippen LogP contribution < -0.4 is 16.4 Å². The van der Waals surface area contributed by atoms with Crippen LogP contribution in [0.1, 0.15) is 42.0 Å². The Labute approximate surface area is 207 Å². The minimum absolute atomic E-state index is 0.0678. The van der Waals surface area contributed by atoms with E-state index < -0.39 is 11.5 Å². The van der Waals surface area contributed by atoms with Crippen LogP contribution in [0.15, 0.2) is 42.5 Å². The molecular weight excluding hydrogens is 444 g/mol. The Bertz CT molecular complexity index is 1040. The van der Waals surface area contributed by atoms with E-state index in [0.717, 1.165) is 23.1 Å². The van der Waals surface area contributed by atoms with E-state index >= 15 is 0 Å². The monoisotopic (exact) mass is 480 g/mol. The van der Waals surface area contributed by atoms with Crippen molar-refractivity contribution < 1.29 is 19.1 Å². The molecule has 0 unspecified atom stereocenters. The van der Waals surface area contributed by atoms with Crippen molar-refractivity contribution in [2.45, 2.75) is 46.6 Å². The van der Waals surface area contributed by atoms with Crippen LogP contribution in [-0.2, 0) is 27.3 Å². The average molecular weight is 481 g/mol. The van der Waals surface area contributed by atoms with E-state index in [2.05, 4.69) is 23.6 Å². The van der Waals surface area contributed by atoms with E-state index in [-0.39, 0.29) is 25.0 Å². The maximum atomic E-state index is 13.4. The molecule has 1 saturated heterocycles. The van der Waals surface area contributed by atoms with Crippen molar-refractivity contribution >= 4 is 23.6 Å². The number of rotatable bonds is 8. The summed E-state index contributed by atoms with van der Waals surface area (Å²) in [5, 5.41) is 5.76. The SMILES string of the molecule is CCc1ccc(NC(=O)OCC2(C(=O)NCc3ccc(C)cc3C)CCN(C(=O)CN)CC2)cc1. The van der Waals surface area contributed by atoms with Gasteiger partial charge in [-0.1, -0.05) is 42.8 Å². The number of nitrogens with one attached hydrogen (secondary N) is 2. The van der Waals surface area contributed by atoms with E-state index in [1.165, 1.54) is 5.56 Å². The summed E-state index contributed by atoms with van der Waals surface area (Å²) in [6.45, 7) is 7.12. The van der Waals surface area contributed by atoms with Crippen LogP contribution in [0.25, 0.3) is 0 Å². The van der Waals surface area contributed by atoms with E-state index in [1.807, 2.05) is 50.2 Å². The number of nitrogens with two attached hydrogens (primary N) is 1. The summed E-state index contributed by atoms with van der Waals surface area (Å²) in [4.78, 5) is 39.6. The van der Waals surface area contributed by atoms with Crippen LogP contribution in [0.3, 0.4) is 0 Å². The summed E-state index contributed by atoms with van der Waals surface area (Å²) in [5.74, 6) is -0.333. The lowest BCUT2D eigenvalue weighted by atomic mass is 9.78. The Balaban J connectivity index is 1.66. The summed E-state index contributed by atoms with van der Waals surface area (Å²) in [7, 11) is 0. The zero-order chi connectivity index (χ0) is 25.4. The summed E-state index contributed by atoms with van der Waals surface area (Å²) in [5.41, 5.74) is 9.68. The lowest BCUT2D eigenvalue weighted by Gasteiger charge is -2.40. The first-order valence-corrected chi connectivity index (χ1v) is 12.1. The highest BCUT2D eigenvalue weighted by Gasteiger charge is 2.43. The van der Waals surface area contributed by atoms with Crippen molar-refractivity contribution in [1.29, 1.82) is 0 Å². The summed E-state index contributed by atoms with van der Waals surface area (Å²) in [6, 6.07) is 13.6. The fourth-order valence-corrected chi connectivity index (χ4v) is 4.34.